The van der Waals surface area contributed by atoms with Crippen molar-refractivity contribution in [1.82, 2.24) is 20.6 Å². The number of phenols is 1. The summed E-state index contributed by atoms with van der Waals surface area (Å²) >= 11 is 0. The first-order valence-corrected chi connectivity index (χ1v) is 10.00. The number of carbonyl (C=O) groups is 3. The molecule has 0 aliphatic heterocycles. The van der Waals surface area contributed by atoms with Crippen LogP contribution < -0.4 is 16.4 Å². The number of hydrogen-bond donors (Lipinski definition) is 6. The van der Waals surface area contributed by atoms with Gasteiger partial charge in [0, 0.05) is 24.7 Å². The maximum absolute atomic E-state index is 12.8. The molecule has 0 spiro atoms. The fourth-order valence-corrected chi connectivity index (χ4v) is 3.05. The quantitative estimate of drug-likeness (QED) is 0.298. The molecular weight excluding hydrogens is 402 g/mol. The van der Waals surface area contributed by atoms with Gasteiger partial charge in [-0.15, -0.1) is 0 Å². The largest absolute Gasteiger partial charge is 0.508 e. The molecule has 0 aliphatic carbocycles. The van der Waals surface area contributed by atoms with Gasteiger partial charge in [-0.1, -0.05) is 26.0 Å². The molecule has 0 saturated heterocycles. The number of carbonyl (C=O) groups excluding carboxylic acids is 2. The van der Waals surface area contributed by atoms with E-state index in [1.807, 2.05) is 13.8 Å². The van der Waals surface area contributed by atoms with Crippen molar-refractivity contribution in [3.63, 3.8) is 0 Å². The number of hydrogen-bond acceptors (Lipinski definition) is 6. The number of aromatic nitrogens is 2. The molecule has 1 heterocycles. The highest BCUT2D eigenvalue weighted by Gasteiger charge is 2.28. The minimum absolute atomic E-state index is 0.0308. The Morgan fingerprint density at radius 2 is 1.71 bits per heavy atom. The van der Waals surface area contributed by atoms with Gasteiger partial charge in [-0.25, -0.2) is 9.78 Å². The number of carboxylic acids is 1. The van der Waals surface area contributed by atoms with Crippen LogP contribution in [0.1, 0.15) is 31.5 Å². The van der Waals surface area contributed by atoms with Crippen LogP contribution in [0.5, 0.6) is 5.75 Å². The third kappa shape index (κ3) is 7.74. The number of nitrogens with zero attached hydrogens (tertiary/aromatic N) is 1. The number of imidazole rings is 1. The predicted octanol–water partition coefficient (Wildman–Crippen LogP) is 0.328. The molecule has 10 nitrogen and oxygen atoms in total. The summed E-state index contributed by atoms with van der Waals surface area (Å²) in [6.07, 6.45) is 3.62. The SMILES string of the molecule is CC(C)C[C@H](NC(=O)[C@@H](N)Cc1cnc[nH]1)C(=O)N[C@@H](Cc1ccc(O)cc1)C(=O)O. The van der Waals surface area contributed by atoms with E-state index in [9.17, 15) is 24.6 Å². The van der Waals surface area contributed by atoms with Gasteiger partial charge in [0.15, 0.2) is 0 Å². The van der Waals surface area contributed by atoms with Gasteiger partial charge >= 0.3 is 5.97 Å². The van der Waals surface area contributed by atoms with Crippen LogP contribution in [0.3, 0.4) is 0 Å². The van der Waals surface area contributed by atoms with E-state index in [2.05, 4.69) is 20.6 Å². The molecule has 1 aromatic carbocycles. The fraction of sp³-hybridized carbons (Fsp3) is 0.429. The second-order valence-electron chi connectivity index (χ2n) is 7.85. The minimum Gasteiger partial charge on any atom is -0.508 e. The van der Waals surface area contributed by atoms with Gasteiger partial charge in [0.1, 0.15) is 17.8 Å². The van der Waals surface area contributed by atoms with Crippen molar-refractivity contribution in [3.05, 3.63) is 48.0 Å². The summed E-state index contributed by atoms with van der Waals surface area (Å²) in [4.78, 5) is 43.8. The highest BCUT2D eigenvalue weighted by molar-refractivity contribution is 5.91. The molecule has 0 radical (unpaired) electrons. The average Bonchev–Trinajstić information content (AvgIpc) is 3.21. The summed E-state index contributed by atoms with van der Waals surface area (Å²) < 4.78 is 0. The number of nitrogens with two attached hydrogens (primary N) is 1. The summed E-state index contributed by atoms with van der Waals surface area (Å²) in [6, 6.07) is 3.04. The topological polar surface area (TPSA) is 170 Å². The first kappa shape index (κ1) is 23.9. The average molecular weight is 431 g/mol. The lowest BCUT2D eigenvalue weighted by atomic mass is 10.0. The van der Waals surface area contributed by atoms with Gasteiger partial charge in [-0.05, 0) is 30.0 Å². The van der Waals surface area contributed by atoms with Crippen molar-refractivity contribution in [1.29, 1.82) is 0 Å². The summed E-state index contributed by atoms with van der Waals surface area (Å²) in [5.41, 5.74) is 7.27. The maximum atomic E-state index is 12.8. The van der Waals surface area contributed by atoms with Crippen molar-refractivity contribution >= 4 is 17.8 Å². The summed E-state index contributed by atoms with van der Waals surface area (Å²) in [5.74, 6) is -2.18. The van der Waals surface area contributed by atoms with Crippen LogP contribution in [0.4, 0.5) is 0 Å². The molecule has 0 aliphatic rings. The number of carboxylic acid groups (broad SMARTS) is 1. The molecule has 3 atom stereocenters. The maximum Gasteiger partial charge on any atom is 0.326 e. The Labute approximate surface area is 180 Å². The molecule has 168 valence electrons. The third-order valence-electron chi connectivity index (χ3n) is 4.66. The van der Waals surface area contributed by atoms with E-state index in [1.54, 1.807) is 18.3 Å². The molecule has 0 unspecified atom stereocenters. The predicted molar refractivity (Wildman–Crippen MR) is 113 cm³/mol. The second kappa shape index (κ2) is 11.1. The number of phenolic OH excluding ortho intramolecular Hbond substituents is 1. The smallest absolute Gasteiger partial charge is 0.326 e. The zero-order valence-corrected chi connectivity index (χ0v) is 17.5. The Bertz CT molecular complexity index is 867. The molecule has 0 fully saturated rings. The molecule has 2 aromatic rings. The van der Waals surface area contributed by atoms with E-state index in [4.69, 9.17) is 5.73 Å². The van der Waals surface area contributed by atoms with Crippen LogP contribution in [0.2, 0.25) is 0 Å². The Kier molecular flexibility index (Phi) is 8.56. The molecule has 1 aromatic heterocycles. The Hall–Kier alpha value is -3.40. The van der Waals surface area contributed by atoms with Crippen molar-refractivity contribution in [2.75, 3.05) is 0 Å². The molecule has 0 saturated carbocycles. The van der Waals surface area contributed by atoms with Crippen LogP contribution >= 0.6 is 0 Å². The third-order valence-corrected chi connectivity index (χ3v) is 4.66. The van der Waals surface area contributed by atoms with E-state index in [0.29, 0.717) is 17.7 Å². The number of amides is 2. The van der Waals surface area contributed by atoms with Crippen LogP contribution in [0, 0.1) is 5.92 Å². The van der Waals surface area contributed by atoms with Gasteiger partial charge in [0.25, 0.3) is 0 Å². The Balaban J connectivity index is 2.04. The first-order valence-electron chi connectivity index (χ1n) is 10.00. The van der Waals surface area contributed by atoms with Gasteiger partial charge in [0.05, 0.1) is 12.4 Å². The molecule has 7 N–H and O–H groups in total. The van der Waals surface area contributed by atoms with E-state index in [1.165, 1.54) is 18.5 Å². The zero-order valence-electron chi connectivity index (χ0n) is 17.5. The summed E-state index contributed by atoms with van der Waals surface area (Å²) in [7, 11) is 0. The van der Waals surface area contributed by atoms with Gasteiger partial charge in [0.2, 0.25) is 11.8 Å². The standard InChI is InChI=1S/C21H29N5O5/c1-12(2)7-17(25-19(28)16(22)9-14-10-23-11-24-14)20(29)26-18(21(30)31)8-13-3-5-15(27)6-4-13/h3-6,10-12,16-18,27H,7-9,22H2,1-2H3,(H,23,24)(H,25,28)(H,26,29)(H,30,31)/t16-,17-,18-/m0/s1. The van der Waals surface area contributed by atoms with Crippen molar-refractivity contribution in [2.45, 2.75) is 51.2 Å². The number of aromatic hydroxyl groups is 1. The molecule has 2 rings (SSSR count). The van der Waals surface area contributed by atoms with Crippen molar-refractivity contribution in [3.8, 4) is 5.75 Å². The van der Waals surface area contributed by atoms with E-state index in [-0.39, 0.29) is 24.5 Å². The van der Waals surface area contributed by atoms with Crippen LogP contribution in [0.15, 0.2) is 36.8 Å². The molecular formula is C21H29N5O5. The van der Waals surface area contributed by atoms with E-state index < -0.39 is 35.9 Å². The number of H-pyrrole nitrogens is 1. The van der Waals surface area contributed by atoms with Gasteiger partial charge in [-0.3, -0.25) is 9.59 Å². The highest BCUT2D eigenvalue weighted by Crippen LogP contribution is 2.12. The van der Waals surface area contributed by atoms with Crippen molar-refractivity contribution in [2.24, 2.45) is 11.7 Å². The van der Waals surface area contributed by atoms with E-state index in [0.717, 1.165) is 0 Å². The van der Waals surface area contributed by atoms with Crippen LogP contribution in [0.25, 0.3) is 0 Å². The highest BCUT2D eigenvalue weighted by atomic mass is 16.4. The summed E-state index contributed by atoms with van der Waals surface area (Å²) in [6.45, 7) is 3.78. The number of nitrogens with one attached hydrogen (secondary N) is 3. The van der Waals surface area contributed by atoms with Crippen LogP contribution in [-0.4, -0.2) is 56.1 Å². The van der Waals surface area contributed by atoms with E-state index >= 15 is 0 Å². The number of aliphatic carboxylic acids is 1. The molecule has 10 heteroatoms. The lowest BCUT2D eigenvalue weighted by Crippen LogP contribution is -2.55. The lowest BCUT2D eigenvalue weighted by Gasteiger charge is -2.24. The molecule has 31 heavy (non-hydrogen) atoms. The number of aromatic amines is 1. The monoisotopic (exact) mass is 431 g/mol. The number of benzene rings is 1. The van der Waals surface area contributed by atoms with Crippen LogP contribution in [-0.2, 0) is 27.2 Å². The minimum atomic E-state index is -1.20. The van der Waals surface area contributed by atoms with Gasteiger partial charge < -0.3 is 31.6 Å². The second-order valence-corrected chi connectivity index (χ2v) is 7.85. The zero-order chi connectivity index (χ0) is 23.0. The number of rotatable bonds is 11. The van der Waals surface area contributed by atoms with Crippen molar-refractivity contribution < 1.29 is 24.6 Å². The Morgan fingerprint density at radius 1 is 1.06 bits per heavy atom. The first-order chi connectivity index (χ1) is 14.7. The molecule has 2 amide bonds. The Morgan fingerprint density at radius 3 is 2.26 bits per heavy atom. The molecule has 0 bridgehead atoms. The lowest BCUT2D eigenvalue weighted by molar-refractivity contribution is -0.142. The summed E-state index contributed by atoms with van der Waals surface area (Å²) in [5, 5.41) is 24.0. The van der Waals surface area contributed by atoms with Gasteiger partial charge in [-0.2, -0.15) is 0 Å². The normalized spacial score (nSPS) is 13.9. The fourth-order valence-electron chi connectivity index (χ4n) is 3.05.